The number of fused-ring (bicyclic) bond motifs is 1. The van der Waals surface area contributed by atoms with Gasteiger partial charge in [-0.15, -0.1) is 0 Å². The number of thiophene rings is 1. The normalized spacial score (nSPS) is 11.7. The van der Waals surface area contributed by atoms with Gasteiger partial charge in [-0.25, -0.2) is 4.79 Å². The van der Waals surface area contributed by atoms with Gasteiger partial charge in [-0.1, -0.05) is 36.1 Å². The van der Waals surface area contributed by atoms with Gasteiger partial charge in [0.1, 0.15) is 5.75 Å². The standard InChI is InChI=1S/C30H28IO3S/c1-20-16-25(35-22(3)18-24-11-7-9-13-27(24)35)17-21(2)29(20)33-19-28(32)34-30(4,5)15-14-23-10-6-8-12-26(23)31/h6-13,16-18H,19H2,1-5H3/q+1. The summed E-state index contributed by atoms with van der Waals surface area (Å²) in [5.74, 6) is 6.46. The summed E-state index contributed by atoms with van der Waals surface area (Å²) < 4.78 is 14.0. The fraction of sp³-hybridized carbons (Fsp3) is 0.233. The van der Waals surface area contributed by atoms with Crippen molar-refractivity contribution in [2.45, 2.75) is 40.2 Å². The van der Waals surface area contributed by atoms with Gasteiger partial charge >= 0.3 is 5.97 Å². The number of aryl methyl sites for hydroxylation is 3. The summed E-state index contributed by atoms with van der Waals surface area (Å²) in [6, 6.07) is 23.0. The van der Waals surface area contributed by atoms with E-state index in [1.165, 1.54) is 19.9 Å². The first kappa shape index (κ1) is 25.3. The summed E-state index contributed by atoms with van der Waals surface area (Å²) in [5.41, 5.74) is 2.01. The molecule has 0 saturated heterocycles. The van der Waals surface area contributed by atoms with Crippen molar-refractivity contribution in [2.24, 2.45) is 0 Å². The number of rotatable bonds is 5. The van der Waals surface area contributed by atoms with Gasteiger partial charge in [0, 0.05) is 50.1 Å². The molecule has 0 saturated carbocycles. The van der Waals surface area contributed by atoms with Crippen LogP contribution in [0.3, 0.4) is 0 Å². The average Bonchev–Trinajstić information content (AvgIpc) is 3.13. The van der Waals surface area contributed by atoms with Crippen LogP contribution in [-0.2, 0) is 9.53 Å². The Bertz CT molecular complexity index is 1450. The first-order valence-electron chi connectivity index (χ1n) is 11.4. The molecule has 0 bridgehead atoms. The Kier molecular flexibility index (Phi) is 7.53. The molecule has 0 radical (unpaired) electrons. The Morgan fingerprint density at radius 1 is 0.971 bits per heavy atom. The molecular formula is C30H28IO3S+. The Balaban J connectivity index is 1.47. The van der Waals surface area contributed by atoms with E-state index >= 15 is 0 Å². The van der Waals surface area contributed by atoms with Crippen LogP contribution in [0, 0.1) is 36.2 Å². The van der Waals surface area contributed by atoms with E-state index in [1.54, 1.807) is 13.8 Å². The van der Waals surface area contributed by atoms with Gasteiger partial charge in [0.2, 0.25) is 0 Å². The Morgan fingerprint density at radius 2 is 1.63 bits per heavy atom. The highest BCUT2D eigenvalue weighted by Gasteiger charge is 2.24. The van der Waals surface area contributed by atoms with E-state index < -0.39 is 11.6 Å². The molecule has 35 heavy (non-hydrogen) atoms. The van der Waals surface area contributed by atoms with Crippen LogP contribution >= 0.6 is 33.1 Å². The van der Waals surface area contributed by atoms with Crippen LogP contribution in [-0.4, -0.2) is 18.2 Å². The van der Waals surface area contributed by atoms with Crippen molar-refractivity contribution in [3.05, 3.63) is 91.9 Å². The second kappa shape index (κ2) is 10.4. The summed E-state index contributed by atoms with van der Waals surface area (Å²) in [5, 5.41) is 1.29. The van der Waals surface area contributed by atoms with E-state index in [4.69, 9.17) is 9.47 Å². The minimum absolute atomic E-state index is 0.0872. The first-order valence-corrected chi connectivity index (χ1v) is 13.7. The summed E-state index contributed by atoms with van der Waals surface area (Å²) in [7, 11) is -0.0872. The van der Waals surface area contributed by atoms with Gasteiger partial charge in [-0.3, -0.25) is 0 Å². The molecule has 178 valence electrons. The lowest BCUT2D eigenvalue weighted by Gasteiger charge is -2.19. The van der Waals surface area contributed by atoms with E-state index in [0.717, 1.165) is 26.0 Å². The van der Waals surface area contributed by atoms with E-state index in [2.05, 4.69) is 83.8 Å². The molecule has 5 heteroatoms. The van der Waals surface area contributed by atoms with E-state index in [0.29, 0.717) is 0 Å². The molecule has 1 atom stereocenters. The molecule has 3 nitrogen and oxygen atoms in total. The van der Waals surface area contributed by atoms with Crippen LogP contribution in [0.5, 0.6) is 5.75 Å². The first-order chi connectivity index (χ1) is 16.6. The van der Waals surface area contributed by atoms with Gasteiger partial charge in [-0.05, 0) is 85.7 Å². The number of carbonyl (C=O) groups excluding carboxylic acids is 1. The third-order valence-corrected chi connectivity index (χ3v) is 8.79. The molecule has 0 amide bonds. The largest absolute Gasteiger partial charge is 0.481 e. The predicted molar refractivity (Wildman–Crippen MR) is 154 cm³/mol. The molecule has 4 aromatic rings. The SMILES string of the molecule is Cc1cc(-[s+]2c(C)cc3ccccc32)cc(C)c1OCC(=O)OC(C)(C)C#Cc1ccccc1I. The minimum atomic E-state index is -0.922. The topological polar surface area (TPSA) is 35.5 Å². The molecule has 4 rings (SSSR count). The zero-order chi connectivity index (χ0) is 25.2. The number of hydrogen-bond acceptors (Lipinski definition) is 3. The molecule has 0 N–H and O–H groups in total. The fourth-order valence-electron chi connectivity index (χ4n) is 4.06. The summed E-state index contributed by atoms with van der Waals surface area (Å²) in [6.45, 7) is 9.65. The maximum atomic E-state index is 12.6. The van der Waals surface area contributed by atoms with Crippen molar-refractivity contribution in [3.63, 3.8) is 0 Å². The third kappa shape index (κ3) is 5.88. The van der Waals surface area contributed by atoms with Crippen LogP contribution < -0.4 is 4.74 Å². The Morgan fingerprint density at radius 3 is 2.34 bits per heavy atom. The minimum Gasteiger partial charge on any atom is -0.481 e. The Labute approximate surface area is 223 Å². The lowest BCUT2D eigenvalue weighted by molar-refractivity contribution is -0.154. The van der Waals surface area contributed by atoms with E-state index in [9.17, 15) is 4.79 Å². The highest BCUT2D eigenvalue weighted by atomic mass is 127. The van der Waals surface area contributed by atoms with Crippen molar-refractivity contribution in [3.8, 4) is 22.5 Å². The van der Waals surface area contributed by atoms with Gasteiger partial charge in [0.15, 0.2) is 26.7 Å². The number of carbonyl (C=O) groups is 1. The predicted octanol–water partition coefficient (Wildman–Crippen LogP) is 7.86. The van der Waals surface area contributed by atoms with Gasteiger partial charge in [0.25, 0.3) is 0 Å². The molecule has 0 aliphatic carbocycles. The van der Waals surface area contributed by atoms with Crippen molar-refractivity contribution in [1.82, 2.24) is 0 Å². The number of ether oxygens (including phenoxy) is 2. The van der Waals surface area contributed by atoms with Crippen molar-refractivity contribution < 1.29 is 14.3 Å². The second-order valence-electron chi connectivity index (χ2n) is 8.99. The van der Waals surface area contributed by atoms with Crippen LogP contribution in [0.2, 0.25) is 0 Å². The zero-order valence-electron chi connectivity index (χ0n) is 20.6. The van der Waals surface area contributed by atoms with Crippen molar-refractivity contribution in [2.75, 3.05) is 6.61 Å². The number of hydrogen-bond donors (Lipinski definition) is 0. The molecule has 1 aromatic heterocycles. The van der Waals surface area contributed by atoms with E-state index in [1.807, 2.05) is 38.1 Å². The van der Waals surface area contributed by atoms with Crippen molar-refractivity contribution in [1.29, 1.82) is 0 Å². The highest BCUT2D eigenvalue weighted by Crippen LogP contribution is 2.45. The lowest BCUT2D eigenvalue weighted by atomic mass is 10.1. The van der Waals surface area contributed by atoms with Crippen LogP contribution in [0.1, 0.15) is 35.4 Å². The number of halogens is 1. The monoisotopic (exact) mass is 595 g/mol. The van der Waals surface area contributed by atoms with Crippen molar-refractivity contribution >= 4 is 49.1 Å². The summed E-state index contributed by atoms with van der Waals surface area (Å²) in [6.07, 6.45) is 0. The molecule has 0 fully saturated rings. The quantitative estimate of drug-likeness (QED) is 0.102. The van der Waals surface area contributed by atoms with Crippen LogP contribution in [0.15, 0.2) is 66.7 Å². The van der Waals surface area contributed by atoms with E-state index in [-0.39, 0.29) is 17.1 Å². The summed E-state index contributed by atoms with van der Waals surface area (Å²) >= 11 is 2.25. The molecule has 1 heterocycles. The molecule has 3 aromatic carbocycles. The molecule has 1 unspecified atom stereocenters. The smallest absolute Gasteiger partial charge is 0.345 e. The summed E-state index contributed by atoms with van der Waals surface area (Å²) in [4.78, 5) is 15.2. The Hall–Kier alpha value is -2.82. The maximum absolute atomic E-state index is 12.6. The van der Waals surface area contributed by atoms with Crippen LogP contribution in [0.25, 0.3) is 15.0 Å². The highest BCUT2D eigenvalue weighted by molar-refractivity contribution is 14.1. The lowest BCUT2D eigenvalue weighted by Crippen LogP contribution is -2.29. The molecule has 0 spiro atoms. The molecular weight excluding hydrogens is 567 g/mol. The molecule has 0 aliphatic heterocycles. The number of esters is 1. The fourth-order valence-corrected chi connectivity index (χ4v) is 6.96. The number of benzene rings is 3. The van der Waals surface area contributed by atoms with Gasteiger partial charge < -0.3 is 9.47 Å². The third-order valence-electron chi connectivity index (χ3n) is 5.56. The maximum Gasteiger partial charge on any atom is 0.345 e. The zero-order valence-corrected chi connectivity index (χ0v) is 23.5. The van der Waals surface area contributed by atoms with Gasteiger partial charge in [0.05, 0.1) is 0 Å². The van der Waals surface area contributed by atoms with Gasteiger partial charge in [-0.2, -0.15) is 0 Å². The van der Waals surface area contributed by atoms with Crippen LogP contribution in [0.4, 0.5) is 0 Å². The second-order valence-corrected chi connectivity index (χ2v) is 12.3. The average molecular weight is 596 g/mol. The molecule has 0 aliphatic rings.